The summed E-state index contributed by atoms with van der Waals surface area (Å²) in [5, 5.41) is 25.6. The Morgan fingerprint density at radius 3 is 2.43 bits per heavy atom. The number of carbonyl (C=O) groups excluding carboxylic acids is 1. The first-order chi connectivity index (χ1) is 16.8. The Morgan fingerprint density at radius 1 is 1.03 bits per heavy atom. The second kappa shape index (κ2) is 9.93. The molecule has 3 heterocycles. The second-order valence-electron chi connectivity index (χ2n) is 8.92. The van der Waals surface area contributed by atoms with Gasteiger partial charge in [0, 0.05) is 59.5 Å². The molecule has 2 aliphatic rings. The summed E-state index contributed by atoms with van der Waals surface area (Å²) >= 11 is 16.5. The first-order valence-electron chi connectivity index (χ1n) is 11.4. The van der Waals surface area contributed by atoms with E-state index in [0.29, 0.717) is 53.1 Å². The first kappa shape index (κ1) is 24.3. The highest BCUT2D eigenvalue weighted by Crippen LogP contribution is 2.41. The van der Waals surface area contributed by atoms with Gasteiger partial charge in [0.2, 0.25) is 11.6 Å². The van der Waals surface area contributed by atoms with Crippen molar-refractivity contribution in [3.8, 4) is 0 Å². The van der Waals surface area contributed by atoms with E-state index < -0.39 is 0 Å². The minimum Gasteiger partial charge on any atom is -0.619 e. The van der Waals surface area contributed by atoms with Crippen molar-refractivity contribution in [1.82, 2.24) is 9.80 Å². The van der Waals surface area contributed by atoms with Crippen molar-refractivity contribution in [3.05, 3.63) is 102 Å². The van der Waals surface area contributed by atoms with Crippen LogP contribution in [0.25, 0.3) is 0 Å². The topological polar surface area (TPSA) is 77.4 Å². The van der Waals surface area contributed by atoms with Gasteiger partial charge in [0.15, 0.2) is 18.6 Å². The van der Waals surface area contributed by atoms with Gasteiger partial charge >= 0.3 is 0 Å². The minimum absolute atomic E-state index is 0.0163. The van der Waals surface area contributed by atoms with Crippen LogP contribution in [0.3, 0.4) is 0 Å². The largest absolute Gasteiger partial charge is 0.619 e. The molecule has 0 N–H and O–H groups in total. The number of amides is 1. The third kappa shape index (κ3) is 4.98. The van der Waals surface area contributed by atoms with Crippen LogP contribution in [0.2, 0.25) is 10.0 Å². The van der Waals surface area contributed by atoms with Crippen molar-refractivity contribution >= 4 is 45.0 Å². The molecule has 2 aromatic heterocycles. The minimum atomic E-state index is -0.336. The lowest BCUT2D eigenvalue weighted by atomic mass is 9.95. The Morgan fingerprint density at radius 2 is 1.71 bits per heavy atom. The summed E-state index contributed by atoms with van der Waals surface area (Å²) < 4.78 is 2.38. The number of rotatable bonds is 3. The van der Waals surface area contributed by atoms with E-state index >= 15 is 0 Å². The molecule has 0 radical (unpaired) electrons. The molecule has 1 aliphatic carbocycles. The molecule has 1 aliphatic heterocycles. The van der Waals surface area contributed by atoms with E-state index in [9.17, 15) is 15.2 Å². The molecule has 1 atom stereocenters. The summed E-state index contributed by atoms with van der Waals surface area (Å²) in [6.45, 7) is 2.27. The maximum absolute atomic E-state index is 13.2. The van der Waals surface area contributed by atoms with Gasteiger partial charge < -0.3 is 15.3 Å². The highest BCUT2D eigenvalue weighted by molar-refractivity contribution is 9.10. The summed E-state index contributed by atoms with van der Waals surface area (Å²) in [5.41, 5.74) is 4.40. The Bertz CT molecular complexity index is 1220. The molecule has 0 spiro atoms. The number of pyridine rings is 2. The summed E-state index contributed by atoms with van der Waals surface area (Å²) in [7, 11) is 0. The summed E-state index contributed by atoms with van der Waals surface area (Å²) in [6.07, 6.45) is 6.01. The smallest absolute Gasteiger partial charge is 0.227 e. The SMILES string of the molecule is O=C(Cc1cc[n+]([O-])cc1)N1CCN([C@@H]2c3c(Cl)cc(Cl)cc3CCc3cc(Br)c[n+]([O-])c32)CC1. The highest BCUT2D eigenvalue weighted by Gasteiger charge is 2.38. The number of nitrogens with zero attached hydrogens (tertiary/aromatic N) is 4. The highest BCUT2D eigenvalue weighted by atomic mass is 79.9. The summed E-state index contributed by atoms with van der Waals surface area (Å²) in [5.74, 6) is 0.0163. The molecule has 1 saturated heterocycles. The van der Waals surface area contributed by atoms with Gasteiger partial charge in [-0.25, -0.2) is 0 Å². The zero-order valence-electron chi connectivity index (χ0n) is 18.8. The average Bonchev–Trinajstić information content (AvgIpc) is 2.98. The van der Waals surface area contributed by atoms with Crippen molar-refractivity contribution in [3.63, 3.8) is 0 Å². The third-order valence-electron chi connectivity index (χ3n) is 6.75. The van der Waals surface area contributed by atoms with Crippen LogP contribution in [-0.2, 0) is 24.1 Å². The lowest BCUT2D eigenvalue weighted by Gasteiger charge is -2.39. The number of aromatic nitrogens is 2. The molecule has 0 unspecified atom stereocenters. The number of hydrogen-bond donors (Lipinski definition) is 0. The van der Waals surface area contributed by atoms with E-state index in [4.69, 9.17) is 23.2 Å². The van der Waals surface area contributed by atoms with E-state index in [1.54, 1.807) is 18.2 Å². The molecule has 182 valence electrons. The van der Waals surface area contributed by atoms with Gasteiger partial charge in [-0.3, -0.25) is 9.69 Å². The maximum Gasteiger partial charge on any atom is 0.227 e. The van der Waals surface area contributed by atoms with Gasteiger partial charge in [0.25, 0.3) is 0 Å². The quantitative estimate of drug-likeness (QED) is 0.352. The maximum atomic E-state index is 13.2. The van der Waals surface area contributed by atoms with Crippen molar-refractivity contribution in [2.45, 2.75) is 25.3 Å². The summed E-state index contributed by atoms with van der Waals surface area (Å²) in [4.78, 5) is 17.0. The van der Waals surface area contributed by atoms with E-state index in [-0.39, 0.29) is 18.4 Å². The predicted molar refractivity (Wildman–Crippen MR) is 136 cm³/mol. The third-order valence-corrected chi connectivity index (χ3v) is 7.72. The molecular formula is C25H23BrCl2N4O3. The molecule has 1 fully saturated rings. The van der Waals surface area contributed by atoms with Crippen LogP contribution in [0.15, 0.2) is 53.4 Å². The van der Waals surface area contributed by atoms with Crippen molar-refractivity contribution in [2.75, 3.05) is 26.2 Å². The molecule has 3 aromatic rings. The number of carbonyl (C=O) groups is 1. The molecule has 0 saturated carbocycles. The van der Waals surface area contributed by atoms with Gasteiger partial charge in [-0.2, -0.15) is 9.46 Å². The van der Waals surface area contributed by atoms with Crippen molar-refractivity contribution < 1.29 is 14.3 Å². The normalized spacial score (nSPS) is 18.0. The van der Waals surface area contributed by atoms with Crippen molar-refractivity contribution in [1.29, 1.82) is 0 Å². The number of piperazine rings is 1. The van der Waals surface area contributed by atoms with Crippen molar-refractivity contribution in [2.24, 2.45) is 0 Å². The van der Waals surface area contributed by atoms with Gasteiger partial charge in [0.1, 0.15) is 6.04 Å². The Labute approximate surface area is 221 Å². The molecule has 35 heavy (non-hydrogen) atoms. The molecular weight excluding hydrogens is 555 g/mol. The van der Waals surface area contributed by atoms with Crippen LogP contribution in [0.5, 0.6) is 0 Å². The van der Waals surface area contributed by atoms with Gasteiger partial charge in [-0.15, -0.1) is 0 Å². The van der Waals surface area contributed by atoms with Gasteiger partial charge in [-0.1, -0.05) is 23.2 Å². The Hall–Kier alpha value is -2.39. The Kier molecular flexibility index (Phi) is 6.90. The second-order valence-corrected chi connectivity index (χ2v) is 10.7. The zero-order chi connectivity index (χ0) is 24.7. The lowest BCUT2D eigenvalue weighted by Crippen LogP contribution is -2.52. The fourth-order valence-electron chi connectivity index (χ4n) is 5.09. The zero-order valence-corrected chi connectivity index (χ0v) is 21.9. The number of hydrogen-bond acceptors (Lipinski definition) is 4. The van der Waals surface area contributed by atoms with E-state index in [1.165, 1.54) is 18.6 Å². The van der Waals surface area contributed by atoms with Gasteiger partial charge in [0.05, 0.1) is 10.9 Å². The fraction of sp³-hybridized carbons (Fsp3) is 0.320. The van der Waals surface area contributed by atoms with Crippen LogP contribution < -0.4 is 9.46 Å². The monoisotopic (exact) mass is 576 g/mol. The van der Waals surface area contributed by atoms with E-state index in [1.807, 2.05) is 17.0 Å². The molecule has 5 rings (SSSR count). The number of fused-ring (bicyclic) bond motifs is 2. The summed E-state index contributed by atoms with van der Waals surface area (Å²) in [6, 6.07) is 8.67. The lowest BCUT2D eigenvalue weighted by molar-refractivity contribution is -0.617. The molecule has 0 bridgehead atoms. The predicted octanol–water partition coefficient (Wildman–Crippen LogP) is 3.60. The van der Waals surface area contributed by atoms with E-state index in [2.05, 4.69) is 20.8 Å². The van der Waals surface area contributed by atoms with Gasteiger partial charge in [-0.05, 0) is 58.1 Å². The van der Waals surface area contributed by atoms with Crippen LogP contribution in [0, 0.1) is 10.4 Å². The first-order valence-corrected chi connectivity index (χ1v) is 12.9. The van der Waals surface area contributed by atoms with Crippen LogP contribution >= 0.6 is 39.1 Å². The van der Waals surface area contributed by atoms with Crippen LogP contribution in [-0.4, -0.2) is 41.9 Å². The number of aryl methyl sites for hydroxylation is 2. The Balaban J connectivity index is 1.43. The van der Waals surface area contributed by atoms with Crippen LogP contribution in [0.1, 0.15) is 34.0 Å². The molecule has 10 heteroatoms. The number of halogens is 3. The average molecular weight is 578 g/mol. The molecule has 1 aromatic carbocycles. The standard InChI is InChI=1S/C25H23BrCl2N4O3/c26-19-12-18-2-1-17-13-20(27)14-21(28)23(17)25(24(18)32(35)15-19)30-9-7-29(8-10-30)22(33)11-16-3-5-31(34)6-4-16/h3-6,12-15,25H,1-2,7-11H2/t25-/m1/s1. The van der Waals surface area contributed by atoms with E-state index in [0.717, 1.165) is 37.9 Å². The fourth-order valence-corrected chi connectivity index (χ4v) is 6.19. The number of benzene rings is 1. The molecule has 1 amide bonds. The van der Waals surface area contributed by atoms with Crippen LogP contribution in [0.4, 0.5) is 0 Å². The molecule has 7 nitrogen and oxygen atoms in total.